The summed E-state index contributed by atoms with van der Waals surface area (Å²) in [6.45, 7) is 8.93. The van der Waals surface area contributed by atoms with Crippen LogP contribution in [0, 0.1) is 23.2 Å². The van der Waals surface area contributed by atoms with Gasteiger partial charge in [-0.15, -0.1) is 0 Å². The van der Waals surface area contributed by atoms with Crippen LogP contribution in [-0.4, -0.2) is 77.6 Å². The van der Waals surface area contributed by atoms with Gasteiger partial charge in [0.2, 0.25) is 11.8 Å². The zero-order chi connectivity index (χ0) is 23.5. The first-order chi connectivity index (χ1) is 14.4. The highest BCUT2D eigenvalue weighted by molar-refractivity contribution is 5.88. The molecule has 0 aromatic carbocycles. The van der Waals surface area contributed by atoms with E-state index in [2.05, 4.69) is 11.4 Å². The molecular formula is C21H32N4O6. The average Bonchev–Trinajstić information content (AvgIpc) is 3.29. The highest BCUT2D eigenvalue weighted by atomic mass is 16.6. The fraction of sp³-hybridized carbons (Fsp3) is 0.762. The molecule has 2 fully saturated rings. The van der Waals surface area contributed by atoms with E-state index in [4.69, 9.17) is 9.47 Å². The van der Waals surface area contributed by atoms with Gasteiger partial charge in [-0.05, 0) is 27.2 Å². The number of methoxy groups -OCH3 is 1. The topological polar surface area (TPSA) is 129 Å². The van der Waals surface area contributed by atoms with Gasteiger partial charge in [0.25, 0.3) is 0 Å². The van der Waals surface area contributed by atoms with Gasteiger partial charge in [-0.3, -0.25) is 14.5 Å². The molecule has 2 heterocycles. The Balaban J connectivity index is 2.13. The summed E-state index contributed by atoms with van der Waals surface area (Å²) in [6, 6.07) is 0.00824. The zero-order valence-corrected chi connectivity index (χ0v) is 19.0. The molecule has 172 valence electrons. The number of ether oxygens (including phenoxy) is 2. The molecule has 0 saturated carbocycles. The number of esters is 1. The quantitative estimate of drug-likeness (QED) is 0.652. The minimum atomic E-state index is -0.856. The van der Waals surface area contributed by atoms with Gasteiger partial charge in [-0.2, -0.15) is 5.26 Å². The van der Waals surface area contributed by atoms with Gasteiger partial charge >= 0.3 is 12.1 Å². The molecule has 0 radical (unpaired) electrons. The first-order valence-electron chi connectivity index (χ1n) is 10.5. The molecule has 0 aromatic rings. The van der Waals surface area contributed by atoms with Gasteiger partial charge in [0.1, 0.15) is 17.7 Å². The van der Waals surface area contributed by atoms with Crippen LogP contribution < -0.4 is 5.32 Å². The van der Waals surface area contributed by atoms with Crippen molar-refractivity contribution in [2.45, 2.75) is 71.2 Å². The van der Waals surface area contributed by atoms with Crippen LogP contribution in [0.2, 0.25) is 0 Å². The molecule has 4 atom stereocenters. The number of hydrogen-bond acceptors (Lipinski definition) is 7. The van der Waals surface area contributed by atoms with Crippen LogP contribution >= 0.6 is 0 Å². The number of likely N-dealkylation sites (tertiary alicyclic amines) is 2. The lowest BCUT2D eigenvalue weighted by atomic mass is 10.1. The monoisotopic (exact) mass is 436 g/mol. The third kappa shape index (κ3) is 5.87. The maximum atomic E-state index is 13.0. The second kappa shape index (κ2) is 9.54. The van der Waals surface area contributed by atoms with Crippen molar-refractivity contribution in [1.82, 2.24) is 15.1 Å². The summed E-state index contributed by atoms with van der Waals surface area (Å²) in [5, 5.41) is 12.1. The lowest BCUT2D eigenvalue weighted by molar-refractivity contribution is -0.152. The molecule has 0 bridgehead atoms. The summed E-state index contributed by atoms with van der Waals surface area (Å²) in [7, 11) is 1.26. The molecule has 10 nitrogen and oxygen atoms in total. The molecule has 0 aromatic heterocycles. The number of rotatable bonds is 4. The number of nitrogens with zero attached hydrogens (tertiary/aromatic N) is 3. The standard InChI is InChI=1S/C21H32N4O6/c1-12(2)18(27)24-11-14(8-16(24)19(28)30-6)23-17(26)15-7-13(9-22)10-25(15)20(29)31-21(3,4)5/h12-16H,7-8,10-11H2,1-6H3,(H,23,26)/t13-,14-,15+,16-/m1/s1. The summed E-state index contributed by atoms with van der Waals surface area (Å²) < 4.78 is 10.2. The van der Waals surface area contributed by atoms with Crippen LogP contribution in [-0.2, 0) is 23.9 Å². The number of nitrogens with one attached hydrogen (secondary N) is 1. The molecule has 0 aliphatic carbocycles. The largest absolute Gasteiger partial charge is 0.467 e. The van der Waals surface area contributed by atoms with Crippen LogP contribution in [0.4, 0.5) is 4.79 Å². The van der Waals surface area contributed by atoms with Gasteiger partial charge in [0.15, 0.2) is 0 Å². The van der Waals surface area contributed by atoms with Crippen LogP contribution in [0.25, 0.3) is 0 Å². The fourth-order valence-corrected chi connectivity index (χ4v) is 3.87. The summed E-state index contributed by atoms with van der Waals surface area (Å²) in [5.41, 5.74) is -0.736. The average molecular weight is 437 g/mol. The second-order valence-electron chi connectivity index (χ2n) is 9.34. The lowest BCUT2D eigenvalue weighted by Gasteiger charge is -2.28. The molecule has 2 rings (SSSR count). The number of carbonyl (C=O) groups is 4. The molecule has 2 aliphatic heterocycles. The molecule has 0 unspecified atom stereocenters. The highest BCUT2D eigenvalue weighted by Gasteiger charge is 2.45. The van der Waals surface area contributed by atoms with E-state index < -0.39 is 47.6 Å². The number of amides is 3. The van der Waals surface area contributed by atoms with Crippen molar-refractivity contribution in [1.29, 1.82) is 5.26 Å². The third-order valence-corrected chi connectivity index (χ3v) is 5.31. The molecule has 2 aliphatic rings. The highest BCUT2D eigenvalue weighted by Crippen LogP contribution is 2.27. The molecule has 3 amide bonds. The van der Waals surface area contributed by atoms with Crippen molar-refractivity contribution >= 4 is 23.9 Å². The van der Waals surface area contributed by atoms with E-state index in [0.29, 0.717) is 0 Å². The predicted octanol–water partition coefficient (Wildman–Crippen LogP) is 1.05. The van der Waals surface area contributed by atoms with E-state index in [9.17, 15) is 24.4 Å². The Labute approximate surface area is 182 Å². The summed E-state index contributed by atoms with van der Waals surface area (Å²) >= 11 is 0. The molecule has 2 saturated heterocycles. The maximum absolute atomic E-state index is 13.0. The molecule has 0 spiro atoms. The summed E-state index contributed by atoms with van der Waals surface area (Å²) in [5.74, 6) is -1.96. The molecule has 10 heteroatoms. The van der Waals surface area contributed by atoms with Crippen molar-refractivity contribution < 1.29 is 28.7 Å². The Morgan fingerprint density at radius 2 is 1.71 bits per heavy atom. The lowest BCUT2D eigenvalue weighted by Crippen LogP contribution is -2.50. The van der Waals surface area contributed by atoms with E-state index in [1.807, 2.05) is 0 Å². The van der Waals surface area contributed by atoms with E-state index >= 15 is 0 Å². The number of carbonyl (C=O) groups excluding carboxylic acids is 4. The molecule has 1 N–H and O–H groups in total. The fourth-order valence-electron chi connectivity index (χ4n) is 3.87. The Morgan fingerprint density at radius 3 is 2.23 bits per heavy atom. The van der Waals surface area contributed by atoms with Gasteiger partial charge in [0.05, 0.1) is 19.1 Å². The van der Waals surface area contributed by atoms with Crippen molar-refractivity contribution in [3.63, 3.8) is 0 Å². The third-order valence-electron chi connectivity index (χ3n) is 5.31. The number of hydrogen-bond donors (Lipinski definition) is 1. The minimum absolute atomic E-state index is 0.108. The zero-order valence-electron chi connectivity index (χ0n) is 19.0. The van der Waals surface area contributed by atoms with E-state index in [1.165, 1.54) is 16.9 Å². The van der Waals surface area contributed by atoms with E-state index in [-0.39, 0.29) is 37.8 Å². The Kier molecular flexibility index (Phi) is 7.52. The predicted molar refractivity (Wildman–Crippen MR) is 109 cm³/mol. The minimum Gasteiger partial charge on any atom is -0.467 e. The van der Waals surface area contributed by atoms with E-state index in [1.54, 1.807) is 34.6 Å². The Bertz CT molecular complexity index is 769. The van der Waals surface area contributed by atoms with Crippen molar-refractivity contribution in [2.75, 3.05) is 20.2 Å². The van der Waals surface area contributed by atoms with Crippen molar-refractivity contribution in [3.8, 4) is 6.07 Å². The van der Waals surface area contributed by atoms with Crippen LogP contribution in [0.3, 0.4) is 0 Å². The van der Waals surface area contributed by atoms with Gasteiger partial charge in [-0.1, -0.05) is 13.8 Å². The smallest absolute Gasteiger partial charge is 0.411 e. The van der Waals surface area contributed by atoms with Gasteiger partial charge in [-0.25, -0.2) is 9.59 Å². The maximum Gasteiger partial charge on any atom is 0.411 e. The summed E-state index contributed by atoms with van der Waals surface area (Å²) in [6.07, 6.45) is -0.234. The Hall–Kier alpha value is -2.83. The van der Waals surface area contributed by atoms with Crippen LogP contribution in [0.15, 0.2) is 0 Å². The van der Waals surface area contributed by atoms with Crippen LogP contribution in [0.1, 0.15) is 47.5 Å². The Morgan fingerprint density at radius 1 is 1.06 bits per heavy atom. The summed E-state index contributed by atoms with van der Waals surface area (Å²) in [4.78, 5) is 53.0. The van der Waals surface area contributed by atoms with Crippen molar-refractivity contribution in [3.05, 3.63) is 0 Å². The van der Waals surface area contributed by atoms with Crippen LogP contribution in [0.5, 0.6) is 0 Å². The van der Waals surface area contributed by atoms with Gasteiger partial charge < -0.3 is 19.7 Å². The van der Waals surface area contributed by atoms with E-state index in [0.717, 1.165) is 0 Å². The normalized spacial score (nSPS) is 25.9. The van der Waals surface area contributed by atoms with Gasteiger partial charge in [0, 0.05) is 31.5 Å². The number of nitriles is 1. The second-order valence-corrected chi connectivity index (χ2v) is 9.34. The first kappa shape index (κ1) is 24.4. The first-order valence-corrected chi connectivity index (χ1v) is 10.5. The van der Waals surface area contributed by atoms with Crippen molar-refractivity contribution in [2.24, 2.45) is 11.8 Å². The molecular weight excluding hydrogens is 404 g/mol. The molecule has 31 heavy (non-hydrogen) atoms. The SMILES string of the molecule is COC(=O)[C@H]1C[C@@H](NC(=O)[C@@H]2C[C@H](C#N)CN2C(=O)OC(C)(C)C)CN1C(=O)C(C)C.